The first-order chi connectivity index (χ1) is 3.80. The lowest BCUT2D eigenvalue weighted by Crippen LogP contribution is -1.93. The Balaban J connectivity index is 2.04. The zero-order valence-corrected chi connectivity index (χ0v) is 5.05. The van der Waals surface area contributed by atoms with Gasteiger partial charge in [0, 0.05) is 5.92 Å². The molecule has 0 heterocycles. The third-order valence-corrected chi connectivity index (χ3v) is 2.63. The molecule has 2 aliphatic carbocycles. The van der Waals surface area contributed by atoms with E-state index in [0.29, 0.717) is 11.7 Å². The van der Waals surface area contributed by atoms with E-state index in [0.717, 1.165) is 11.8 Å². The van der Waals surface area contributed by atoms with E-state index in [1.165, 1.54) is 12.8 Å². The first kappa shape index (κ1) is 4.54. The van der Waals surface area contributed by atoms with Gasteiger partial charge in [-0.2, -0.15) is 0 Å². The van der Waals surface area contributed by atoms with Crippen molar-refractivity contribution < 1.29 is 4.79 Å². The van der Waals surface area contributed by atoms with Gasteiger partial charge < -0.3 is 0 Å². The second-order valence-electron chi connectivity index (χ2n) is 3.04. The molecule has 2 saturated carbocycles. The number of fused-ring (bicyclic) bond motifs is 1. The van der Waals surface area contributed by atoms with Gasteiger partial charge in [-0.1, -0.05) is 0 Å². The molecule has 0 aliphatic heterocycles. The van der Waals surface area contributed by atoms with Crippen LogP contribution >= 0.6 is 0 Å². The first-order valence-corrected chi connectivity index (χ1v) is 3.31. The Hall–Kier alpha value is -0.330. The number of hydrogen-bond donors (Lipinski definition) is 0. The van der Waals surface area contributed by atoms with Gasteiger partial charge in [0.1, 0.15) is 5.78 Å². The molecule has 2 atom stereocenters. The predicted octanol–water partition coefficient (Wildman–Crippen LogP) is 1.23. The van der Waals surface area contributed by atoms with Gasteiger partial charge in [0.2, 0.25) is 0 Å². The minimum absolute atomic E-state index is 0.428. The van der Waals surface area contributed by atoms with Crippen LogP contribution in [0.3, 0.4) is 0 Å². The predicted molar refractivity (Wildman–Crippen MR) is 30.4 cm³/mol. The Kier molecular flexibility index (Phi) is 0.651. The highest BCUT2D eigenvalue weighted by molar-refractivity contribution is 5.82. The number of hydrogen-bond acceptors (Lipinski definition) is 1. The molecule has 0 radical (unpaired) electrons. The highest BCUT2D eigenvalue weighted by Crippen LogP contribution is 2.61. The van der Waals surface area contributed by atoms with Crippen molar-refractivity contribution in [3.63, 3.8) is 0 Å². The molecule has 44 valence electrons. The van der Waals surface area contributed by atoms with E-state index < -0.39 is 0 Å². The first-order valence-electron chi connectivity index (χ1n) is 3.31. The lowest BCUT2D eigenvalue weighted by molar-refractivity contribution is -0.118. The van der Waals surface area contributed by atoms with Gasteiger partial charge in [0.25, 0.3) is 0 Å². The Labute approximate surface area is 49.1 Å². The van der Waals surface area contributed by atoms with Crippen molar-refractivity contribution in [1.29, 1.82) is 0 Å². The fourth-order valence-electron chi connectivity index (χ4n) is 1.96. The molecule has 8 heavy (non-hydrogen) atoms. The minimum atomic E-state index is 0.428. The third-order valence-electron chi connectivity index (χ3n) is 2.63. The molecule has 2 aliphatic rings. The van der Waals surface area contributed by atoms with E-state index in [2.05, 4.69) is 0 Å². The van der Waals surface area contributed by atoms with Crippen molar-refractivity contribution in [3.8, 4) is 0 Å². The number of carbonyl (C=O) groups is 1. The summed E-state index contributed by atoms with van der Waals surface area (Å²) in [6.07, 6.45) is 2.66. The highest BCUT2D eigenvalue weighted by Gasteiger charge is 2.58. The van der Waals surface area contributed by atoms with Crippen molar-refractivity contribution in [2.75, 3.05) is 0 Å². The monoisotopic (exact) mass is 110 g/mol. The van der Waals surface area contributed by atoms with Gasteiger partial charge in [0.15, 0.2) is 0 Å². The van der Waals surface area contributed by atoms with Crippen LogP contribution in [0, 0.1) is 17.8 Å². The lowest BCUT2D eigenvalue weighted by atomic mass is 10.0. The van der Waals surface area contributed by atoms with Gasteiger partial charge in [-0.15, -0.1) is 0 Å². The number of Topliss-reactive ketones (excluding diaryl/α,β-unsaturated/α-hetero) is 1. The number of ketones is 1. The Morgan fingerprint density at radius 3 is 2.00 bits per heavy atom. The van der Waals surface area contributed by atoms with Crippen LogP contribution in [0.2, 0.25) is 0 Å². The summed E-state index contributed by atoms with van der Waals surface area (Å²) in [5, 5.41) is 0. The second-order valence-corrected chi connectivity index (χ2v) is 3.04. The summed E-state index contributed by atoms with van der Waals surface area (Å²) in [6, 6.07) is 0. The Morgan fingerprint density at radius 2 is 1.88 bits per heavy atom. The van der Waals surface area contributed by atoms with E-state index in [1.807, 2.05) is 0 Å². The molecule has 0 aromatic carbocycles. The molecule has 0 spiro atoms. The summed E-state index contributed by atoms with van der Waals surface area (Å²) in [4.78, 5) is 10.7. The molecule has 0 aromatic rings. The molecular weight excluding hydrogens is 100 g/mol. The van der Waals surface area contributed by atoms with E-state index >= 15 is 0 Å². The fraction of sp³-hybridized carbons (Fsp3) is 0.857. The molecule has 0 bridgehead atoms. The zero-order chi connectivity index (χ0) is 5.72. The summed E-state index contributed by atoms with van der Waals surface area (Å²) in [5.41, 5.74) is 0. The fourth-order valence-corrected chi connectivity index (χ4v) is 1.96. The van der Waals surface area contributed by atoms with Gasteiger partial charge >= 0.3 is 0 Å². The van der Waals surface area contributed by atoms with Crippen molar-refractivity contribution in [2.45, 2.75) is 19.8 Å². The minimum Gasteiger partial charge on any atom is -0.300 e. The van der Waals surface area contributed by atoms with Gasteiger partial charge in [0.05, 0.1) is 0 Å². The zero-order valence-electron chi connectivity index (χ0n) is 5.05. The molecule has 2 unspecified atom stereocenters. The van der Waals surface area contributed by atoms with Crippen LogP contribution in [0.15, 0.2) is 0 Å². The normalized spacial score (nSPS) is 49.4. The summed E-state index contributed by atoms with van der Waals surface area (Å²) in [7, 11) is 0. The van der Waals surface area contributed by atoms with Gasteiger partial charge in [-0.05, 0) is 31.6 Å². The molecule has 2 fully saturated rings. The summed E-state index contributed by atoms with van der Waals surface area (Å²) in [5.74, 6) is 2.62. The van der Waals surface area contributed by atoms with E-state index in [-0.39, 0.29) is 0 Å². The SMILES string of the molecule is CC(=O)C1C2CCC21. The molecular formula is C7H10O. The van der Waals surface area contributed by atoms with Crippen LogP contribution in [-0.4, -0.2) is 5.78 Å². The third kappa shape index (κ3) is 0.355. The molecule has 0 aromatic heterocycles. The van der Waals surface area contributed by atoms with Crippen molar-refractivity contribution in [1.82, 2.24) is 0 Å². The molecule has 2 rings (SSSR count). The van der Waals surface area contributed by atoms with Crippen molar-refractivity contribution >= 4 is 5.78 Å². The van der Waals surface area contributed by atoms with Crippen LogP contribution in [-0.2, 0) is 4.79 Å². The maximum absolute atomic E-state index is 10.7. The molecule has 1 nitrogen and oxygen atoms in total. The lowest BCUT2D eigenvalue weighted by Gasteiger charge is -2.04. The van der Waals surface area contributed by atoms with E-state index in [9.17, 15) is 4.79 Å². The Morgan fingerprint density at radius 1 is 1.38 bits per heavy atom. The van der Waals surface area contributed by atoms with Crippen molar-refractivity contribution in [3.05, 3.63) is 0 Å². The van der Waals surface area contributed by atoms with Crippen LogP contribution in [0.4, 0.5) is 0 Å². The van der Waals surface area contributed by atoms with E-state index in [4.69, 9.17) is 0 Å². The van der Waals surface area contributed by atoms with Gasteiger partial charge in [-0.3, -0.25) is 4.79 Å². The number of carbonyl (C=O) groups excluding carboxylic acids is 1. The Bertz CT molecular complexity index is 129. The van der Waals surface area contributed by atoms with Crippen LogP contribution in [0.1, 0.15) is 19.8 Å². The van der Waals surface area contributed by atoms with Crippen LogP contribution < -0.4 is 0 Å². The maximum atomic E-state index is 10.7. The van der Waals surface area contributed by atoms with E-state index in [1.54, 1.807) is 6.92 Å². The summed E-state index contributed by atoms with van der Waals surface area (Å²) >= 11 is 0. The summed E-state index contributed by atoms with van der Waals surface area (Å²) < 4.78 is 0. The summed E-state index contributed by atoms with van der Waals surface area (Å²) in [6.45, 7) is 1.73. The molecule has 0 saturated heterocycles. The molecule has 0 N–H and O–H groups in total. The molecule has 0 amide bonds. The van der Waals surface area contributed by atoms with Crippen molar-refractivity contribution in [2.24, 2.45) is 17.8 Å². The second kappa shape index (κ2) is 1.15. The number of rotatable bonds is 1. The average Bonchev–Trinajstić information content (AvgIpc) is 2.07. The average molecular weight is 110 g/mol. The quantitative estimate of drug-likeness (QED) is 0.496. The van der Waals surface area contributed by atoms with Crippen LogP contribution in [0.5, 0.6) is 0 Å². The van der Waals surface area contributed by atoms with Crippen LogP contribution in [0.25, 0.3) is 0 Å². The van der Waals surface area contributed by atoms with Gasteiger partial charge in [-0.25, -0.2) is 0 Å². The highest BCUT2D eigenvalue weighted by atomic mass is 16.1. The topological polar surface area (TPSA) is 17.1 Å². The maximum Gasteiger partial charge on any atom is 0.133 e. The standard InChI is InChI=1S/C7H10O/c1-4(8)7-5-2-3-6(5)7/h5-7H,2-3H2,1H3. The molecule has 1 heteroatoms. The smallest absolute Gasteiger partial charge is 0.133 e. The largest absolute Gasteiger partial charge is 0.300 e.